The highest BCUT2D eigenvalue weighted by atomic mass is 16.5. The second-order valence-corrected chi connectivity index (χ2v) is 6.82. The van der Waals surface area contributed by atoms with Crippen molar-refractivity contribution < 1.29 is 4.74 Å². The summed E-state index contributed by atoms with van der Waals surface area (Å²) in [6, 6.07) is 6.29. The largest absolute Gasteiger partial charge is 0.378 e. The molecule has 7 nitrogen and oxygen atoms in total. The number of rotatable bonds is 5. The maximum atomic E-state index is 5.45. The third kappa shape index (κ3) is 3.77. The van der Waals surface area contributed by atoms with Crippen LogP contribution in [0.3, 0.4) is 0 Å². The maximum Gasteiger partial charge on any atom is 0.133 e. The predicted molar refractivity (Wildman–Crippen MR) is 97.9 cm³/mol. The fraction of sp³-hybridized carbons (Fsp3) is 0.556. The van der Waals surface area contributed by atoms with Gasteiger partial charge in [0.1, 0.15) is 11.6 Å². The molecule has 4 heterocycles. The van der Waals surface area contributed by atoms with Gasteiger partial charge in [-0.3, -0.25) is 0 Å². The summed E-state index contributed by atoms with van der Waals surface area (Å²) in [5.41, 5.74) is 2.32. The van der Waals surface area contributed by atoms with Gasteiger partial charge < -0.3 is 20.3 Å². The number of nitrogens with zero attached hydrogens (tertiary/aromatic N) is 4. The van der Waals surface area contributed by atoms with Gasteiger partial charge in [-0.25, -0.2) is 9.67 Å². The van der Waals surface area contributed by atoms with E-state index in [1.54, 1.807) is 0 Å². The molecule has 0 radical (unpaired) electrons. The fourth-order valence-electron chi connectivity index (χ4n) is 3.56. The van der Waals surface area contributed by atoms with Crippen LogP contribution in [0.4, 0.5) is 11.6 Å². The van der Waals surface area contributed by atoms with Gasteiger partial charge in [0, 0.05) is 63.0 Å². The van der Waals surface area contributed by atoms with Crippen LogP contribution in [0.15, 0.2) is 24.4 Å². The van der Waals surface area contributed by atoms with Crippen LogP contribution < -0.4 is 15.5 Å². The number of anilines is 2. The van der Waals surface area contributed by atoms with E-state index in [0.717, 1.165) is 69.8 Å². The second kappa shape index (κ2) is 7.41. The number of aryl methyl sites for hydroxylation is 1. The number of hydrogen-bond acceptors (Lipinski definition) is 6. The summed E-state index contributed by atoms with van der Waals surface area (Å²) in [4.78, 5) is 6.93. The first-order chi connectivity index (χ1) is 12.3. The van der Waals surface area contributed by atoms with E-state index in [1.165, 1.54) is 5.56 Å². The molecule has 1 unspecified atom stereocenters. The Hall–Kier alpha value is -2.12. The zero-order chi connectivity index (χ0) is 17.1. The van der Waals surface area contributed by atoms with Crippen LogP contribution in [-0.2, 0) is 17.8 Å². The molecule has 2 aromatic heterocycles. The lowest BCUT2D eigenvalue weighted by molar-refractivity contribution is 0.122. The van der Waals surface area contributed by atoms with Crippen LogP contribution in [0.5, 0.6) is 0 Å². The van der Waals surface area contributed by atoms with Gasteiger partial charge in [-0.05, 0) is 13.0 Å². The number of nitrogens with one attached hydrogen (secondary N) is 2. The first-order valence-corrected chi connectivity index (χ1v) is 9.05. The predicted octanol–water partition coefficient (Wildman–Crippen LogP) is 1.25. The van der Waals surface area contributed by atoms with Crippen LogP contribution in [0.2, 0.25) is 0 Å². The van der Waals surface area contributed by atoms with Crippen molar-refractivity contribution >= 4 is 11.6 Å². The molecular formula is C18H26N6O. The average Bonchev–Trinajstić information content (AvgIpc) is 3.02. The monoisotopic (exact) mass is 342 g/mol. The Kier molecular flexibility index (Phi) is 4.85. The van der Waals surface area contributed by atoms with Crippen molar-refractivity contribution in [3.63, 3.8) is 0 Å². The SMILES string of the molecule is Cc1cc2n(n1)CC(CNCc1cccnc1N1CCOCC1)CN2. The lowest BCUT2D eigenvalue weighted by atomic mass is 10.1. The zero-order valence-corrected chi connectivity index (χ0v) is 14.7. The summed E-state index contributed by atoms with van der Waals surface area (Å²) < 4.78 is 7.53. The Morgan fingerprint density at radius 3 is 3.12 bits per heavy atom. The summed E-state index contributed by atoms with van der Waals surface area (Å²) in [6.07, 6.45) is 1.88. The van der Waals surface area contributed by atoms with Crippen molar-refractivity contribution in [2.45, 2.75) is 20.0 Å². The molecular weight excluding hydrogens is 316 g/mol. The van der Waals surface area contributed by atoms with Crippen LogP contribution in [0.25, 0.3) is 0 Å². The highest BCUT2D eigenvalue weighted by Crippen LogP contribution is 2.20. The van der Waals surface area contributed by atoms with Crippen molar-refractivity contribution in [3.8, 4) is 0 Å². The Balaban J connectivity index is 1.33. The van der Waals surface area contributed by atoms with E-state index in [2.05, 4.69) is 42.4 Å². The highest BCUT2D eigenvalue weighted by Gasteiger charge is 2.20. The number of fused-ring (bicyclic) bond motifs is 1. The summed E-state index contributed by atoms with van der Waals surface area (Å²) in [5, 5.41) is 11.6. The summed E-state index contributed by atoms with van der Waals surface area (Å²) in [5.74, 6) is 2.76. The van der Waals surface area contributed by atoms with Gasteiger partial charge in [-0.15, -0.1) is 0 Å². The Morgan fingerprint density at radius 2 is 2.24 bits per heavy atom. The molecule has 0 aromatic carbocycles. The Labute approximate surface area is 148 Å². The first-order valence-electron chi connectivity index (χ1n) is 9.05. The maximum absolute atomic E-state index is 5.45. The van der Waals surface area contributed by atoms with E-state index in [4.69, 9.17) is 4.74 Å². The third-order valence-electron chi connectivity index (χ3n) is 4.83. The van der Waals surface area contributed by atoms with Gasteiger partial charge in [-0.1, -0.05) is 6.07 Å². The molecule has 2 N–H and O–H groups in total. The van der Waals surface area contributed by atoms with Gasteiger partial charge in [0.25, 0.3) is 0 Å². The Morgan fingerprint density at radius 1 is 1.36 bits per heavy atom. The molecule has 1 atom stereocenters. The van der Waals surface area contributed by atoms with Gasteiger partial charge in [0.2, 0.25) is 0 Å². The minimum atomic E-state index is 0.537. The second-order valence-electron chi connectivity index (χ2n) is 6.82. The number of aromatic nitrogens is 3. The number of ether oxygens (including phenoxy) is 1. The van der Waals surface area contributed by atoms with E-state index in [0.29, 0.717) is 5.92 Å². The number of hydrogen-bond donors (Lipinski definition) is 2. The summed E-state index contributed by atoms with van der Waals surface area (Å²) in [7, 11) is 0. The van der Waals surface area contributed by atoms with Crippen molar-refractivity contribution in [2.75, 3.05) is 49.6 Å². The van der Waals surface area contributed by atoms with Gasteiger partial charge in [0.15, 0.2) is 0 Å². The molecule has 7 heteroatoms. The van der Waals surface area contributed by atoms with Crippen molar-refractivity contribution in [2.24, 2.45) is 5.92 Å². The van der Waals surface area contributed by atoms with Gasteiger partial charge >= 0.3 is 0 Å². The quantitative estimate of drug-likeness (QED) is 0.853. The molecule has 134 valence electrons. The fourth-order valence-corrected chi connectivity index (χ4v) is 3.56. The van der Waals surface area contributed by atoms with Crippen molar-refractivity contribution in [1.29, 1.82) is 0 Å². The summed E-state index contributed by atoms with van der Waals surface area (Å²) in [6.45, 7) is 9.18. The molecule has 4 rings (SSSR count). The highest BCUT2D eigenvalue weighted by molar-refractivity contribution is 5.47. The number of morpholine rings is 1. The standard InChI is InChI=1S/C18H26N6O/c1-14-9-17-21-11-15(13-24(17)22-14)10-19-12-16-3-2-4-20-18(16)23-5-7-25-8-6-23/h2-4,9,15,19,21H,5-8,10-13H2,1H3. The molecule has 0 spiro atoms. The first kappa shape index (κ1) is 16.4. The minimum Gasteiger partial charge on any atom is -0.378 e. The number of pyridine rings is 1. The van der Waals surface area contributed by atoms with Gasteiger partial charge in [-0.2, -0.15) is 5.10 Å². The molecule has 0 bridgehead atoms. The average molecular weight is 342 g/mol. The third-order valence-corrected chi connectivity index (χ3v) is 4.83. The van der Waals surface area contributed by atoms with Crippen LogP contribution in [0.1, 0.15) is 11.3 Å². The molecule has 2 aliphatic rings. The van der Waals surface area contributed by atoms with Crippen molar-refractivity contribution in [3.05, 3.63) is 35.7 Å². The zero-order valence-electron chi connectivity index (χ0n) is 14.7. The van der Waals surface area contributed by atoms with E-state index in [9.17, 15) is 0 Å². The van der Waals surface area contributed by atoms with Crippen LogP contribution >= 0.6 is 0 Å². The smallest absolute Gasteiger partial charge is 0.133 e. The van der Waals surface area contributed by atoms with E-state index in [1.807, 2.05) is 19.2 Å². The van der Waals surface area contributed by atoms with Crippen LogP contribution in [0, 0.1) is 12.8 Å². The topological polar surface area (TPSA) is 67.2 Å². The van der Waals surface area contributed by atoms with E-state index < -0.39 is 0 Å². The lowest BCUT2D eigenvalue weighted by Crippen LogP contribution is -2.38. The normalized spacial score (nSPS) is 20.2. The van der Waals surface area contributed by atoms with Crippen LogP contribution in [-0.4, -0.2) is 54.2 Å². The molecule has 25 heavy (non-hydrogen) atoms. The molecule has 1 fully saturated rings. The van der Waals surface area contributed by atoms with Gasteiger partial charge in [0.05, 0.1) is 18.9 Å². The molecule has 0 aliphatic carbocycles. The molecule has 2 aromatic rings. The van der Waals surface area contributed by atoms with E-state index in [-0.39, 0.29) is 0 Å². The lowest BCUT2D eigenvalue weighted by Gasteiger charge is -2.29. The molecule has 2 aliphatic heterocycles. The van der Waals surface area contributed by atoms with E-state index >= 15 is 0 Å². The molecule has 0 saturated carbocycles. The van der Waals surface area contributed by atoms with Crippen molar-refractivity contribution in [1.82, 2.24) is 20.1 Å². The molecule has 0 amide bonds. The minimum absolute atomic E-state index is 0.537. The Bertz CT molecular complexity index is 709. The molecule has 1 saturated heterocycles. The summed E-state index contributed by atoms with van der Waals surface area (Å²) >= 11 is 0.